The molecule has 3 heterocycles. The topological polar surface area (TPSA) is 36.4 Å². The SMILES string of the molecule is CCc1ccc(C(=O)CN2CCN(c3nccs3)CC2)s1. The Labute approximate surface area is 133 Å². The normalized spacial score (nSPS) is 16.3. The summed E-state index contributed by atoms with van der Waals surface area (Å²) in [4.78, 5) is 23.4. The Morgan fingerprint density at radius 1 is 1.29 bits per heavy atom. The van der Waals surface area contributed by atoms with Crippen LogP contribution in [0.3, 0.4) is 0 Å². The van der Waals surface area contributed by atoms with Gasteiger partial charge < -0.3 is 4.90 Å². The summed E-state index contributed by atoms with van der Waals surface area (Å²) < 4.78 is 0. The van der Waals surface area contributed by atoms with Gasteiger partial charge in [0, 0.05) is 42.6 Å². The van der Waals surface area contributed by atoms with E-state index in [0.717, 1.165) is 42.6 Å². The van der Waals surface area contributed by atoms with E-state index >= 15 is 0 Å². The number of thiophene rings is 1. The highest BCUT2D eigenvalue weighted by Gasteiger charge is 2.21. The Bertz CT molecular complexity index is 586. The molecule has 0 radical (unpaired) electrons. The number of nitrogens with zero attached hydrogens (tertiary/aromatic N) is 3. The molecular formula is C15H19N3OS2. The van der Waals surface area contributed by atoms with Crippen molar-refractivity contribution in [2.75, 3.05) is 37.6 Å². The maximum Gasteiger partial charge on any atom is 0.186 e. The second-order valence-electron chi connectivity index (χ2n) is 5.12. The number of carbonyl (C=O) groups is 1. The molecular weight excluding hydrogens is 302 g/mol. The van der Waals surface area contributed by atoms with E-state index in [4.69, 9.17) is 0 Å². The van der Waals surface area contributed by atoms with Gasteiger partial charge in [0.25, 0.3) is 0 Å². The van der Waals surface area contributed by atoms with Gasteiger partial charge in [0.1, 0.15) is 0 Å². The molecule has 1 aliphatic heterocycles. The second kappa shape index (κ2) is 6.68. The van der Waals surface area contributed by atoms with Gasteiger partial charge in [-0.05, 0) is 18.6 Å². The van der Waals surface area contributed by atoms with E-state index in [0.29, 0.717) is 6.54 Å². The van der Waals surface area contributed by atoms with Gasteiger partial charge >= 0.3 is 0 Å². The summed E-state index contributed by atoms with van der Waals surface area (Å²) in [6, 6.07) is 4.04. The third kappa shape index (κ3) is 3.51. The molecule has 1 fully saturated rings. The molecule has 4 nitrogen and oxygen atoms in total. The van der Waals surface area contributed by atoms with Crippen molar-refractivity contribution in [1.82, 2.24) is 9.88 Å². The van der Waals surface area contributed by atoms with Gasteiger partial charge in [0.2, 0.25) is 0 Å². The van der Waals surface area contributed by atoms with Crippen LogP contribution in [0.1, 0.15) is 21.5 Å². The van der Waals surface area contributed by atoms with E-state index in [-0.39, 0.29) is 5.78 Å². The smallest absolute Gasteiger partial charge is 0.186 e. The standard InChI is InChI=1S/C15H19N3OS2/c1-2-12-3-4-14(21-12)13(19)11-17-6-8-18(9-7-17)15-16-5-10-20-15/h3-5,10H,2,6-9,11H2,1H3. The number of Topliss-reactive ketones (excluding diaryl/α,β-unsaturated/α-hetero) is 1. The van der Waals surface area contributed by atoms with Gasteiger partial charge in [-0.3, -0.25) is 9.69 Å². The van der Waals surface area contributed by atoms with Gasteiger partial charge in [0.15, 0.2) is 10.9 Å². The molecule has 0 amide bonds. The summed E-state index contributed by atoms with van der Waals surface area (Å²) in [5.74, 6) is 0.252. The fourth-order valence-electron chi connectivity index (χ4n) is 2.47. The molecule has 0 atom stereocenters. The molecule has 0 N–H and O–H groups in total. The van der Waals surface area contributed by atoms with Gasteiger partial charge in [-0.2, -0.15) is 0 Å². The molecule has 21 heavy (non-hydrogen) atoms. The molecule has 2 aromatic rings. The minimum absolute atomic E-state index is 0.252. The zero-order valence-corrected chi connectivity index (χ0v) is 13.8. The summed E-state index contributed by atoms with van der Waals surface area (Å²) in [5, 5.41) is 3.10. The molecule has 112 valence electrons. The number of aryl methyl sites for hydroxylation is 1. The lowest BCUT2D eigenvalue weighted by Crippen LogP contribution is -2.47. The van der Waals surface area contributed by atoms with Crippen LogP contribution in [0.25, 0.3) is 0 Å². The Hall–Kier alpha value is -1.24. The van der Waals surface area contributed by atoms with Crippen LogP contribution in [0.4, 0.5) is 5.13 Å². The number of thiazole rings is 1. The number of aromatic nitrogens is 1. The first-order chi connectivity index (χ1) is 10.3. The van der Waals surface area contributed by atoms with Crippen LogP contribution in [0.15, 0.2) is 23.7 Å². The van der Waals surface area contributed by atoms with Crippen molar-refractivity contribution in [1.29, 1.82) is 0 Å². The van der Waals surface area contributed by atoms with Crippen LogP contribution in [-0.4, -0.2) is 48.4 Å². The lowest BCUT2D eigenvalue weighted by molar-refractivity contribution is 0.0930. The number of hydrogen-bond acceptors (Lipinski definition) is 6. The highest BCUT2D eigenvalue weighted by atomic mass is 32.1. The van der Waals surface area contributed by atoms with Gasteiger partial charge in [-0.1, -0.05) is 6.92 Å². The van der Waals surface area contributed by atoms with Crippen molar-refractivity contribution in [3.63, 3.8) is 0 Å². The lowest BCUT2D eigenvalue weighted by Gasteiger charge is -2.34. The largest absolute Gasteiger partial charge is 0.346 e. The predicted octanol–water partition coefficient (Wildman–Crippen LogP) is 2.77. The molecule has 0 bridgehead atoms. The Morgan fingerprint density at radius 2 is 2.10 bits per heavy atom. The predicted molar refractivity (Wildman–Crippen MR) is 88.8 cm³/mol. The zero-order valence-electron chi connectivity index (χ0n) is 12.1. The average molecular weight is 321 g/mol. The highest BCUT2D eigenvalue weighted by molar-refractivity contribution is 7.14. The molecule has 0 spiro atoms. The van der Waals surface area contributed by atoms with Crippen molar-refractivity contribution in [2.24, 2.45) is 0 Å². The summed E-state index contributed by atoms with van der Waals surface area (Å²) in [5.41, 5.74) is 0. The maximum atomic E-state index is 12.3. The maximum absolute atomic E-state index is 12.3. The molecule has 1 saturated heterocycles. The fourth-order valence-corrected chi connectivity index (χ4v) is 4.04. The third-order valence-electron chi connectivity index (χ3n) is 3.71. The quantitative estimate of drug-likeness (QED) is 0.794. The zero-order chi connectivity index (χ0) is 14.7. The molecule has 3 rings (SSSR count). The molecule has 0 unspecified atom stereocenters. The fraction of sp³-hybridized carbons (Fsp3) is 0.467. The van der Waals surface area contributed by atoms with Crippen molar-refractivity contribution in [2.45, 2.75) is 13.3 Å². The number of carbonyl (C=O) groups excluding carboxylic acids is 1. The van der Waals surface area contributed by atoms with Crippen molar-refractivity contribution in [3.05, 3.63) is 33.5 Å². The lowest BCUT2D eigenvalue weighted by atomic mass is 10.2. The number of ketones is 1. The van der Waals surface area contributed by atoms with E-state index in [9.17, 15) is 4.79 Å². The van der Waals surface area contributed by atoms with E-state index < -0.39 is 0 Å². The number of rotatable bonds is 5. The monoisotopic (exact) mass is 321 g/mol. The van der Waals surface area contributed by atoms with Crippen LogP contribution < -0.4 is 4.90 Å². The highest BCUT2D eigenvalue weighted by Crippen LogP contribution is 2.20. The average Bonchev–Trinajstić information content (AvgIpc) is 3.19. The first kappa shape index (κ1) is 14.7. The summed E-state index contributed by atoms with van der Waals surface area (Å²) in [7, 11) is 0. The molecule has 2 aromatic heterocycles. The molecule has 0 aliphatic carbocycles. The van der Waals surface area contributed by atoms with Crippen LogP contribution in [0.2, 0.25) is 0 Å². The third-order valence-corrected chi connectivity index (χ3v) is 5.82. The van der Waals surface area contributed by atoms with E-state index in [1.54, 1.807) is 22.7 Å². The summed E-state index contributed by atoms with van der Waals surface area (Å²) in [6.45, 7) is 6.42. The Morgan fingerprint density at radius 3 is 2.71 bits per heavy atom. The first-order valence-electron chi connectivity index (χ1n) is 7.25. The first-order valence-corrected chi connectivity index (χ1v) is 8.94. The minimum atomic E-state index is 0.252. The second-order valence-corrected chi connectivity index (χ2v) is 7.16. The summed E-state index contributed by atoms with van der Waals surface area (Å²) in [6.07, 6.45) is 2.85. The molecule has 0 aromatic carbocycles. The van der Waals surface area contributed by atoms with Crippen LogP contribution >= 0.6 is 22.7 Å². The van der Waals surface area contributed by atoms with E-state index in [1.165, 1.54) is 4.88 Å². The molecule has 1 aliphatic rings. The van der Waals surface area contributed by atoms with Crippen LogP contribution in [0.5, 0.6) is 0 Å². The van der Waals surface area contributed by atoms with Crippen LogP contribution in [0, 0.1) is 0 Å². The number of piperazine rings is 1. The van der Waals surface area contributed by atoms with Crippen LogP contribution in [-0.2, 0) is 6.42 Å². The van der Waals surface area contributed by atoms with Gasteiger partial charge in [-0.15, -0.1) is 22.7 Å². The Balaban J connectivity index is 1.52. The summed E-state index contributed by atoms with van der Waals surface area (Å²) >= 11 is 3.31. The Kier molecular flexibility index (Phi) is 4.67. The van der Waals surface area contributed by atoms with Crippen molar-refractivity contribution < 1.29 is 4.79 Å². The minimum Gasteiger partial charge on any atom is -0.346 e. The van der Waals surface area contributed by atoms with Gasteiger partial charge in [-0.25, -0.2) is 4.98 Å². The van der Waals surface area contributed by atoms with E-state index in [2.05, 4.69) is 27.8 Å². The van der Waals surface area contributed by atoms with Crippen molar-refractivity contribution >= 4 is 33.6 Å². The van der Waals surface area contributed by atoms with Gasteiger partial charge in [0.05, 0.1) is 11.4 Å². The number of anilines is 1. The van der Waals surface area contributed by atoms with E-state index in [1.807, 2.05) is 17.6 Å². The van der Waals surface area contributed by atoms with Crippen molar-refractivity contribution in [3.8, 4) is 0 Å². The molecule has 0 saturated carbocycles. The number of hydrogen-bond donors (Lipinski definition) is 0. The molecule has 6 heteroatoms.